The highest BCUT2D eigenvalue weighted by Crippen LogP contribution is 2.25. The minimum Gasteiger partial charge on any atom is -0.353 e. The Balaban J connectivity index is 1.79. The quantitative estimate of drug-likeness (QED) is 0.836. The summed E-state index contributed by atoms with van der Waals surface area (Å²) in [5, 5.41) is 2.95. The predicted octanol–water partition coefficient (Wildman–Crippen LogP) is 0.969. The van der Waals surface area contributed by atoms with E-state index in [4.69, 9.17) is 5.73 Å². The molecule has 0 unspecified atom stereocenters. The van der Waals surface area contributed by atoms with Gasteiger partial charge in [0.15, 0.2) is 0 Å². The molecule has 5 nitrogen and oxygen atoms in total. The number of amides is 1. The van der Waals surface area contributed by atoms with Crippen molar-refractivity contribution in [3.05, 3.63) is 18.2 Å². The van der Waals surface area contributed by atoms with Gasteiger partial charge in [-0.3, -0.25) is 4.79 Å². The van der Waals surface area contributed by atoms with Crippen molar-refractivity contribution in [1.82, 2.24) is 14.9 Å². The molecule has 0 aromatic carbocycles. The molecule has 0 saturated heterocycles. The zero-order valence-electron chi connectivity index (χ0n) is 11.0. The first-order valence-corrected chi connectivity index (χ1v) is 6.67. The van der Waals surface area contributed by atoms with Crippen molar-refractivity contribution >= 4 is 5.91 Å². The van der Waals surface area contributed by atoms with Crippen molar-refractivity contribution in [3.8, 4) is 0 Å². The maximum atomic E-state index is 12.1. The van der Waals surface area contributed by atoms with Crippen LogP contribution in [0.5, 0.6) is 0 Å². The van der Waals surface area contributed by atoms with E-state index in [-0.39, 0.29) is 5.91 Å². The second-order valence-corrected chi connectivity index (χ2v) is 5.14. The number of aromatic nitrogens is 2. The molecule has 0 aliphatic heterocycles. The van der Waals surface area contributed by atoms with Crippen LogP contribution in [0, 0.1) is 6.92 Å². The van der Waals surface area contributed by atoms with Crippen LogP contribution in [0.1, 0.15) is 37.9 Å². The average Bonchev–Trinajstić information content (AvgIpc) is 2.76. The summed E-state index contributed by atoms with van der Waals surface area (Å²) in [7, 11) is 0. The third-order valence-electron chi connectivity index (χ3n) is 3.76. The summed E-state index contributed by atoms with van der Waals surface area (Å²) in [5.41, 5.74) is 5.52. The number of nitrogens with two attached hydrogens (primary N) is 1. The number of nitrogens with one attached hydrogen (secondary N) is 1. The second kappa shape index (κ2) is 5.52. The summed E-state index contributed by atoms with van der Waals surface area (Å²) in [6.07, 6.45) is 8.62. The minimum atomic E-state index is -0.637. The molecule has 1 aliphatic carbocycles. The Morgan fingerprint density at radius 3 is 2.83 bits per heavy atom. The Labute approximate surface area is 108 Å². The van der Waals surface area contributed by atoms with Crippen molar-refractivity contribution in [2.75, 3.05) is 6.54 Å². The van der Waals surface area contributed by atoms with Gasteiger partial charge in [-0.15, -0.1) is 0 Å². The van der Waals surface area contributed by atoms with Crippen LogP contribution < -0.4 is 11.1 Å². The van der Waals surface area contributed by atoms with Crippen LogP contribution in [0.3, 0.4) is 0 Å². The topological polar surface area (TPSA) is 72.9 Å². The van der Waals surface area contributed by atoms with Crippen molar-refractivity contribution in [1.29, 1.82) is 0 Å². The second-order valence-electron chi connectivity index (χ2n) is 5.14. The third kappa shape index (κ3) is 2.90. The van der Waals surface area contributed by atoms with Crippen LogP contribution in [0.4, 0.5) is 0 Å². The molecule has 1 aromatic heterocycles. The number of carbonyl (C=O) groups is 1. The van der Waals surface area contributed by atoms with E-state index in [0.717, 1.165) is 38.1 Å². The molecular weight excluding hydrogens is 228 g/mol. The number of hydrogen-bond acceptors (Lipinski definition) is 3. The van der Waals surface area contributed by atoms with E-state index >= 15 is 0 Å². The molecule has 5 heteroatoms. The van der Waals surface area contributed by atoms with Gasteiger partial charge in [-0.25, -0.2) is 4.98 Å². The average molecular weight is 250 g/mol. The molecule has 1 saturated carbocycles. The molecule has 1 fully saturated rings. The van der Waals surface area contributed by atoms with Crippen LogP contribution in [0.2, 0.25) is 0 Å². The minimum absolute atomic E-state index is 0.0000293. The van der Waals surface area contributed by atoms with Gasteiger partial charge in [0.2, 0.25) is 5.91 Å². The maximum Gasteiger partial charge on any atom is 0.240 e. The first kappa shape index (κ1) is 13.1. The fourth-order valence-corrected chi connectivity index (χ4v) is 2.52. The predicted molar refractivity (Wildman–Crippen MR) is 70.0 cm³/mol. The zero-order valence-corrected chi connectivity index (χ0v) is 11.0. The van der Waals surface area contributed by atoms with E-state index in [0.29, 0.717) is 6.54 Å². The maximum absolute atomic E-state index is 12.1. The first-order valence-electron chi connectivity index (χ1n) is 6.67. The van der Waals surface area contributed by atoms with Crippen LogP contribution >= 0.6 is 0 Å². The highest BCUT2D eigenvalue weighted by molar-refractivity contribution is 5.86. The fourth-order valence-electron chi connectivity index (χ4n) is 2.52. The highest BCUT2D eigenvalue weighted by Gasteiger charge is 2.34. The van der Waals surface area contributed by atoms with Crippen molar-refractivity contribution in [3.63, 3.8) is 0 Å². The summed E-state index contributed by atoms with van der Waals surface area (Å²) < 4.78 is 2.02. The number of carbonyl (C=O) groups excluding carboxylic acids is 1. The molecule has 0 atom stereocenters. The lowest BCUT2D eigenvalue weighted by atomic mass is 9.82. The van der Waals surface area contributed by atoms with E-state index in [1.165, 1.54) is 6.42 Å². The Morgan fingerprint density at radius 1 is 1.50 bits per heavy atom. The third-order valence-corrected chi connectivity index (χ3v) is 3.76. The van der Waals surface area contributed by atoms with Gasteiger partial charge in [0.05, 0.1) is 5.54 Å². The van der Waals surface area contributed by atoms with Crippen LogP contribution in [-0.2, 0) is 11.3 Å². The molecule has 2 rings (SSSR count). The Morgan fingerprint density at radius 2 is 2.22 bits per heavy atom. The van der Waals surface area contributed by atoms with Crippen LogP contribution in [0.15, 0.2) is 12.4 Å². The van der Waals surface area contributed by atoms with Gasteiger partial charge in [0.1, 0.15) is 5.82 Å². The molecular formula is C13H22N4O. The summed E-state index contributed by atoms with van der Waals surface area (Å²) in [5.74, 6) is 0.962. The molecule has 1 amide bonds. The SMILES string of the molecule is Cc1nccn1CCNC(=O)C1(N)CCCCC1. The lowest BCUT2D eigenvalue weighted by Gasteiger charge is -2.31. The van der Waals surface area contributed by atoms with E-state index in [1.54, 1.807) is 6.20 Å². The van der Waals surface area contributed by atoms with Crippen molar-refractivity contribution < 1.29 is 4.79 Å². The van der Waals surface area contributed by atoms with Gasteiger partial charge in [0.25, 0.3) is 0 Å². The van der Waals surface area contributed by atoms with E-state index in [9.17, 15) is 4.79 Å². The van der Waals surface area contributed by atoms with Crippen LogP contribution in [-0.4, -0.2) is 27.5 Å². The number of rotatable bonds is 4. The standard InChI is InChI=1S/C13H22N4O/c1-11-15-7-9-17(11)10-8-16-12(18)13(14)5-3-2-4-6-13/h7,9H,2-6,8,10,14H2,1H3,(H,16,18). The number of hydrogen-bond donors (Lipinski definition) is 2. The lowest BCUT2D eigenvalue weighted by molar-refractivity contribution is -0.127. The molecule has 0 radical (unpaired) electrons. The van der Waals surface area contributed by atoms with Gasteiger partial charge in [0, 0.05) is 25.5 Å². The van der Waals surface area contributed by atoms with Gasteiger partial charge < -0.3 is 15.6 Å². The van der Waals surface area contributed by atoms with E-state index in [2.05, 4.69) is 10.3 Å². The first-order chi connectivity index (χ1) is 8.62. The Bertz CT molecular complexity index is 407. The molecule has 18 heavy (non-hydrogen) atoms. The largest absolute Gasteiger partial charge is 0.353 e. The van der Waals surface area contributed by atoms with E-state index < -0.39 is 5.54 Å². The Kier molecular flexibility index (Phi) is 4.01. The molecule has 0 bridgehead atoms. The summed E-state index contributed by atoms with van der Waals surface area (Å²) in [6.45, 7) is 3.30. The van der Waals surface area contributed by atoms with Gasteiger partial charge in [-0.2, -0.15) is 0 Å². The number of aryl methyl sites for hydroxylation is 1. The Hall–Kier alpha value is -1.36. The van der Waals surface area contributed by atoms with Crippen molar-refractivity contribution in [2.45, 2.75) is 51.1 Å². The highest BCUT2D eigenvalue weighted by atomic mass is 16.2. The monoisotopic (exact) mass is 250 g/mol. The molecule has 1 aliphatic rings. The van der Waals surface area contributed by atoms with Gasteiger partial charge in [-0.05, 0) is 19.8 Å². The number of imidazole rings is 1. The van der Waals surface area contributed by atoms with Gasteiger partial charge >= 0.3 is 0 Å². The molecule has 1 heterocycles. The van der Waals surface area contributed by atoms with E-state index in [1.807, 2.05) is 17.7 Å². The summed E-state index contributed by atoms with van der Waals surface area (Å²) in [4.78, 5) is 16.2. The summed E-state index contributed by atoms with van der Waals surface area (Å²) in [6, 6.07) is 0. The normalized spacial score (nSPS) is 18.6. The molecule has 0 spiro atoms. The lowest BCUT2D eigenvalue weighted by Crippen LogP contribution is -2.55. The molecule has 1 aromatic rings. The van der Waals surface area contributed by atoms with Crippen LogP contribution in [0.25, 0.3) is 0 Å². The van der Waals surface area contributed by atoms with Gasteiger partial charge in [-0.1, -0.05) is 19.3 Å². The zero-order chi connectivity index (χ0) is 13.0. The molecule has 100 valence electrons. The fraction of sp³-hybridized carbons (Fsp3) is 0.692. The number of nitrogens with zero attached hydrogens (tertiary/aromatic N) is 2. The van der Waals surface area contributed by atoms with Crippen molar-refractivity contribution in [2.24, 2.45) is 5.73 Å². The molecule has 3 N–H and O–H groups in total. The summed E-state index contributed by atoms with van der Waals surface area (Å²) >= 11 is 0. The smallest absolute Gasteiger partial charge is 0.240 e.